The molecule has 0 saturated heterocycles. The molecule has 11 rings (SSSR count). The highest BCUT2D eigenvalue weighted by Gasteiger charge is 2.22. The summed E-state index contributed by atoms with van der Waals surface area (Å²) in [6.45, 7) is 0. The monoisotopic (exact) mass is 753 g/mol. The number of hydrogen-bond acceptors (Lipinski definition) is 2. The van der Waals surface area contributed by atoms with E-state index in [1.165, 1.54) is 71.6 Å². The average molecular weight is 754 g/mol. The molecule has 0 saturated carbocycles. The van der Waals surface area contributed by atoms with E-state index in [0.717, 1.165) is 28.1 Å². The van der Waals surface area contributed by atoms with Crippen molar-refractivity contribution in [3.05, 3.63) is 241 Å². The first-order chi connectivity index (χ1) is 29.2. The molecule has 3 nitrogen and oxygen atoms in total. The second-order valence-electron chi connectivity index (χ2n) is 15.2. The molecular formula is C56H39N3. The van der Waals surface area contributed by atoms with Gasteiger partial charge in [0, 0.05) is 27.7 Å². The Labute approximate surface area is 343 Å². The van der Waals surface area contributed by atoms with E-state index in [0.29, 0.717) is 0 Å². The van der Waals surface area contributed by atoms with Crippen LogP contribution < -0.4 is 5.32 Å². The number of fused-ring (bicyclic) bond motifs is 4. The summed E-state index contributed by atoms with van der Waals surface area (Å²) >= 11 is 0. The van der Waals surface area contributed by atoms with Gasteiger partial charge in [0.15, 0.2) is 0 Å². The van der Waals surface area contributed by atoms with Crippen molar-refractivity contribution in [1.29, 1.82) is 0 Å². The van der Waals surface area contributed by atoms with Crippen molar-refractivity contribution >= 4 is 44.0 Å². The van der Waals surface area contributed by atoms with Crippen LogP contribution in [0.15, 0.2) is 229 Å². The maximum absolute atomic E-state index is 5.26. The summed E-state index contributed by atoms with van der Waals surface area (Å²) in [7, 11) is 0. The molecule has 0 spiro atoms. The number of nitrogens with one attached hydrogen (secondary N) is 1. The Balaban J connectivity index is 0.983. The van der Waals surface area contributed by atoms with Gasteiger partial charge in [-0.3, -0.25) is 4.99 Å². The number of aromatic nitrogens is 1. The molecule has 1 unspecified atom stereocenters. The van der Waals surface area contributed by atoms with Gasteiger partial charge in [-0.05, 0) is 97.8 Å². The van der Waals surface area contributed by atoms with Crippen molar-refractivity contribution in [1.82, 2.24) is 9.88 Å². The number of allylic oxidation sites excluding steroid dienone is 1. The van der Waals surface area contributed by atoms with Crippen LogP contribution in [0.5, 0.6) is 0 Å². The fourth-order valence-electron chi connectivity index (χ4n) is 8.76. The molecule has 1 aromatic heterocycles. The van der Waals surface area contributed by atoms with Crippen LogP contribution in [0, 0.1) is 0 Å². The first-order valence-corrected chi connectivity index (χ1v) is 20.2. The van der Waals surface area contributed by atoms with E-state index < -0.39 is 0 Å². The second-order valence-corrected chi connectivity index (χ2v) is 15.2. The van der Waals surface area contributed by atoms with Crippen LogP contribution in [0.1, 0.15) is 22.9 Å². The van der Waals surface area contributed by atoms with Crippen LogP contribution in [0.3, 0.4) is 0 Å². The fourth-order valence-corrected chi connectivity index (χ4v) is 8.76. The van der Waals surface area contributed by atoms with Crippen LogP contribution in [0.4, 0.5) is 0 Å². The van der Waals surface area contributed by atoms with Gasteiger partial charge in [0.2, 0.25) is 0 Å². The lowest BCUT2D eigenvalue weighted by atomic mass is 9.91. The standard InChI is InChI=1S/C56H39N3/c1-4-15-38(16-5-1)39-27-29-40(30-28-39)52-37-53(58-56(57-52)41-17-6-2-7-18-41)49-33-32-46(47-23-10-11-24-48(47)49)44-20-14-19-42(35-44)43-31-34-55-51(36-43)50-25-12-13-26-54(50)59(55)45-21-8-3-9-22-45/h1-37,56,58H. The molecule has 0 aliphatic carbocycles. The first-order valence-electron chi connectivity index (χ1n) is 20.2. The molecule has 0 amide bonds. The van der Waals surface area contributed by atoms with Gasteiger partial charge in [-0.25, -0.2) is 0 Å². The minimum Gasteiger partial charge on any atom is -0.359 e. The van der Waals surface area contributed by atoms with Crippen molar-refractivity contribution < 1.29 is 0 Å². The van der Waals surface area contributed by atoms with Gasteiger partial charge >= 0.3 is 0 Å². The zero-order valence-electron chi connectivity index (χ0n) is 32.3. The zero-order chi connectivity index (χ0) is 39.1. The Bertz CT molecular complexity index is 3210. The Hall–Kier alpha value is -7.75. The molecule has 0 fully saturated rings. The number of para-hydroxylation sites is 2. The van der Waals surface area contributed by atoms with Crippen LogP contribution in [-0.4, -0.2) is 10.3 Å². The van der Waals surface area contributed by atoms with E-state index in [-0.39, 0.29) is 6.17 Å². The largest absolute Gasteiger partial charge is 0.359 e. The third-order valence-electron chi connectivity index (χ3n) is 11.7. The number of aliphatic imine (C=N–C) groups is 1. The van der Waals surface area contributed by atoms with E-state index in [4.69, 9.17) is 4.99 Å². The van der Waals surface area contributed by atoms with Crippen molar-refractivity contribution in [3.8, 4) is 39.1 Å². The highest BCUT2D eigenvalue weighted by Crippen LogP contribution is 2.39. The maximum atomic E-state index is 5.26. The molecule has 3 heteroatoms. The van der Waals surface area contributed by atoms with Gasteiger partial charge in [-0.15, -0.1) is 0 Å². The third-order valence-corrected chi connectivity index (χ3v) is 11.7. The molecule has 278 valence electrons. The van der Waals surface area contributed by atoms with Crippen LogP contribution >= 0.6 is 0 Å². The lowest BCUT2D eigenvalue weighted by Crippen LogP contribution is -2.25. The smallest absolute Gasteiger partial charge is 0.145 e. The Morgan fingerprint density at radius 1 is 0.373 bits per heavy atom. The van der Waals surface area contributed by atoms with Crippen molar-refractivity contribution in [2.24, 2.45) is 4.99 Å². The second kappa shape index (κ2) is 14.6. The number of hydrogen-bond donors (Lipinski definition) is 1. The summed E-state index contributed by atoms with van der Waals surface area (Å²) in [5, 5.41) is 8.72. The van der Waals surface area contributed by atoms with Gasteiger partial charge in [0.05, 0.1) is 16.7 Å². The Kier molecular flexibility index (Phi) is 8.56. The highest BCUT2D eigenvalue weighted by molar-refractivity contribution is 6.15. The molecule has 10 aromatic rings. The van der Waals surface area contributed by atoms with Gasteiger partial charge in [-0.1, -0.05) is 182 Å². The van der Waals surface area contributed by atoms with E-state index >= 15 is 0 Å². The van der Waals surface area contributed by atoms with E-state index in [1.54, 1.807) is 0 Å². The summed E-state index contributed by atoms with van der Waals surface area (Å²) in [5.74, 6) is 0. The summed E-state index contributed by atoms with van der Waals surface area (Å²) < 4.78 is 2.37. The molecule has 1 aliphatic heterocycles. The first kappa shape index (κ1) is 34.5. The SMILES string of the molecule is C1=C(c2ccc(-c3cccc(-c4ccc5c(c4)c4ccccc4n5-c4ccccc4)c3)c3ccccc23)NC(c2ccccc2)N=C1c1ccc(-c2ccccc2)cc1. The molecule has 2 heterocycles. The van der Waals surface area contributed by atoms with Gasteiger partial charge in [-0.2, -0.15) is 0 Å². The normalized spacial score (nSPS) is 13.9. The molecular weight excluding hydrogens is 715 g/mol. The van der Waals surface area contributed by atoms with Crippen molar-refractivity contribution in [2.75, 3.05) is 0 Å². The number of rotatable bonds is 7. The van der Waals surface area contributed by atoms with E-state index in [2.05, 4.69) is 234 Å². The predicted molar refractivity (Wildman–Crippen MR) is 248 cm³/mol. The lowest BCUT2D eigenvalue weighted by Gasteiger charge is -2.26. The topological polar surface area (TPSA) is 29.3 Å². The molecule has 0 radical (unpaired) electrons. The van der Waals surface area contributed by atoms with Crippen LogP contribution in [-0.2, 0) is 0 Å². The molecule has 1 aliphatic rings. The quantitative estimate of drug-likeness (QED) is 0.173. The minimum absolute atomic E-state index is 0.228. The molecule has 1 atom stereocenters. The molecule has 0 bridgehead atoms. The van der Waals surface area contributed by atoms with Gasteiger partial charge < -0.3 is 9.88 Å². The minimum atomic E-state index is -0.228. The van der Waals surface area contributed by atoms with Crippen LogP contribution in [0.2, 0.25) is 0 Å². The molecule has 59 heavy (non-hydrogen) atoms. The summed E-state index contributed by atoms with van der Waals surface area (Å²) in [6, 6.07) is 78.4. The van der Waals surface area contributed by atoms with Crippen molar-refractivity contribution in [3.63, 3.8) is 0 Å². The van der Waals surface area contributed by atoms with Gasteiger partial charge in [0.1, 0.15) is 6.17 Å². The van der Waals surface area contributed by atoms with Gasteiger partial charge in [0.25, 0.3) is 0 Å². The Morgan fingerprint density at radius 3 is 1.69 bits per heavy atom. The summed E-state index contributed by atoms with van der Waals surface area (Å²) in [4.78, 5) is 5.26. The number of benzene rings is 9. The molecule has 1 N–H and O–H groups in total. The fraction of sp³-hybridized carbons (Fsp3) is 0.0179. The third kappa shape index (κ3) is 6.30. The number of nitrogens with zero attached hydrogens (tertiary/aromatic N) is 2. The maximum Gasteiger partial charge on any atom is 0.145 e. The summed E-state index contributed by atoms with van der Waals surface area (Å²) in [6.07, 6.45) is 1.98. The van der Waals surface area contributed by atoms with E-state index in [9.17, 15) is 0 Å². The summed E-state index contributed by atoms with van der Waals surface area (Å²) in [5.41, 5.74) is 16.1. The highest BCUT2D eigenvalue weighted by atomic mass is 15.1. The van der Waals surface area contributed by atoms with Crippen molar-refractivity contribution in [2.45, 2.75) is 6.17 Å². The average Bonchev–Trinajstić information content (AvgIpc) is 3.66. The Morgan fingerprint density at radius 2 is 0.915 bits per heavy atom. The van der Waals surface area contributed by atoms with Crippen LogP contribution in [0.25, 0.3) is 77.3 Å². The molecule has 9 aromatic carbocycles. The predicted octanol–water partition coefficient (Wildman–Crippen LogP) is 14.1. The van der Waals surface area contributed by atoms with E-state index in [1.807, 2.05) is 0 Å². The zero-order valence-corrected chi connectivity index (χ0v) is 32.3. The lowest BCUT2D eigenvalue weighted by molar-refractivity contribution is 0.664.